The molecule has 182 valence electrons. The number of methoxy groups -OCH3 is 1. The van der Waals surface area contributed by atoms with E-state index in [4.69, 9.17) is 10.5 Å². The number of anilines is 1. The maximum atomic E-state index is 9.54. The fraction of sp³-hybridized carbons (Fsp3) is 0.522. The van der Waals surface area contributed by atoms with Crippen LogP contribution in [-0.4, -0.2) is 74.1 Å². The first kappa shape index (κ1) is 28.7. The largest absolute Gasteiger partial charge is 0.385 e. The second-order valence-corrected chi connectivity index (χ2v) is 7.51. The number of rotatable bonds is 13. The summed E-state index contributed by atoms with van der Waals surface area (Å²) in [6, 6.07) is 11.8. The Morgan fingerprint density at radius 1 is 1.24 bits per heavy atom. The van der Waals surface area contributed by atoms with Gasteiger partial charge in [-0.25, -0.2) is 4.68 Å². The summed E-state index contributed by atoms with van der Waals surface area (Å²) in [6.45, 7) is 7.00. The number of aliphatic imine (C=N–C) groups is 1. The second kappa shape index (κ2) is 16.3. The lowest BCUT2D eigenvalue weighted by atomic mass is 10.1. The molecule has 0 atom stereocenters. The van der Waals surface area contributed by atoms with E-state index in [-0.39, 0.29) is 24.0 Å². The van der Waals surface area contributed by atoms with Crippen molar-refractivity contribution in [3.8, 4) is 11.8 Å². The first-order chi connectivity index (χ1) is 15.6. The van der Waals surface area contributed by atoms with Gasteiger partial charge in [0.15, 0.2) is 5.96 Å². The number of nitrogens with zero attached hydrogens (tertiary/aromatic N) is 5. The van der Waals surface area contributed by atoms with Crippen molar-refractivity contribution < 1.29 is 4.74 Å². The third kappa shape index (κ3) is 9.57. The van der Waals surface area contributed by atoms with Crippen LogP contribution in [0.2, 0.25) is 0 Å². The highest BCUT2D eigenvalue weighted by molar-refractivity contribution is 14.0. The lowest BCUT2D eigenvalue weighted by molar-refractivity contribution is 0.180. The van der Waals surface area contributed by atoms with Gasteiger partial charge in [-0.15, -0.1) is 24.0 Å². The van der Waals surface area contributed by atoms with E-state index in [2.05, 4.69) is 38.7 Å². The first-order valence-corrected chi connectivity index (χ1v) is 11.1. The third-order valence-corrected chi connectivity index (χ3v) is 4.97. The van der Waals surface area contributed by atoms with Gasteiger partial charge in [0.1, 0.15) is 17.5 Å². The Hall–Kier alpha value is -2.36. The molecule has 2 aromatic rings. The zero-order valence-corrected chi connectivity index (χ0v) is 22.2. The summed E-state index contributed by atoms with van der Waals surface area (Å²) in [4.78, 5) is 6.92. The lowest BCUT2D eigenvalue weighted by Crippen LogP contribution is -2.41. The maximum absolute atomic E-state index is 9.54. The average Bonchev–Trinajstić information content (AvgIpc) is 3.12. The van der Waals surface area contributed by atoms with Gasteiger partial charge in [0.2, 0.25) is 0 Å². The Bertz CT molecular complexity index is 879. The Morgan fingerprint density at radius 2 is 2.00 bits per heavy atom. The van der Waals surface area contributed by atoms with Crippen LogP contribution < -0.4 is 16.4 Å². The van der Waals surface area contributed by atoms with Gasteiger partial charge in [0, 0.05) is 46.4 Å². The Kier molecular flexibility index (Phi) is 14.1. The van der Waals surface area contributed by atoms with E-state index in [1.165, 1.54) is 0 Å². The summed E-state index contributed by atoms with van der Waals surface area (Å²) in [6.07, 6.45) is 2.43. The van der Waals surface area contributed by atoms with Crippen molar-refractivity contribution in [2.75, 3.05) is 59.2 Å². The summed E-state index contributed by atoms with van der Waals surface area (Å²) in [5.74, 6) is 1.18. The molecule has 0 fully saturated rings. The third-order valence-electron chi connectivity index (χ3n) is 4.97. The standard InChI is InChI=1S/C23H36N8O.HI/c1-4-26-23(28-14-16-30(2)15-9-17-32-3)27-13-8-12-21-20(18-24)22(25)31(29-21)19-10-6-5-7-11-19;/h5-7,10-11H,4,8-9,12-17,25H2,1-3H3,(H2,26,27,28);1H. The van der Waals surface area contributed by atoms with Crippen molar-refractivity contribution in [1.29, 1.82) is 5.26 Å². The monoisotopic (exact) mass is 568 g/mol. The molecule has 0 unspecified atom stereocenters. The number of hydrogen-bond acceptors (Lipinski definition) is 6. The molecule has 9 nitrogen and oxygen atoms in total. The number of likely N-dealkylation sites (N-methyl/N-ethyl adjacent to an activating group) is 1. The highest BCUT2D eigenvalue weighted by atomic mass is 127. The van der Waals surface area contributed by atoms with Crippen molar-refractivity contribution in [3.05, 3.63) is 41.6 Å². The van der Waals surface area contributed by atoms with Crippen LogP contribution in [0.1, 0.15) is 31.0 Å². The van der Waals surface area contributed by atoms with Crippen molar-refractivity contribution >= 4 is 35.8 Å². The fourth-order valence-electron chi connectivity index (χ4n) is 3.28. The molecule has 2 rings (SSSR count). The molecule has 10 heteroatoms. The number of nitrogen functional groups attached to an aromatic ring is 1. The number of ether oxygens (including phenoxy) is 1. The van der Waals surface area contributed by atoms with E-state index in [0.717, 1.165) is 57.3 Å². The molecule has 0 bridgehead atoms. The molecule has 1 aromatic heterocycles. The molecule has 0 aliphatic heterocycles. The molecule has 1 aromatic carbocycles. The van der Waals surface area contributed by atoms with Gasteiger partial charge in [0.05, 0.1) is 11.4 Å². The number of nitriles is 1. The number of halogens is 1. The van der Waals surface area contributed by atoms with Crippen LogP contribution in [-0.2, 0) is 11.2 Å². The zero-order chi connectivity index (χ0) is 23.2. The van der Waals surface area contributed by atoms with Crippen molar-refractivity contribution in [1.82, 2.24) is 25.3 Å². The van der Waals surface area contributed by atoms with E-state index < -0.39 is 0 Å². The van der Waals surface area contributed by atoms with Crippen LogP contribution in [0.4, 0.5) is 5.82 Å². The minimum atomic E-state index is 0. The average molecular weight is 569 g/mol. The number of aromatic nitrogens is 2. The van der Waals surface area contributed by atoms with Gasteiger partial charge in [-0.3, -0.25) is 4.99 Å². The van der Waals surface area contributed by atoms with E-state index in [1.807, 2.05) is 37.3 Å². The van der Waals surface area contributed by atoms with Crippen LogP contribution in [0, 0.1) is 11.3 Å². The minimum Gasteiger partial charge on any atom is -0.385 e. The highest BCUT2D eigenvalue weighted by Crippen LogP contribution is 2.21. The van der Waals surface area contributed by atoms with Gasteiger partial charge < -0.3 is 26.0 Å². The number of benzene rings is 1. The van der Waals surface area contributed by atoms with Crippen molar-refractivity contribution in [2.45, 2.75) is 26.2 Å². The van der Waals surface area contributed by atoms with Crippen LogP contribution in [0.25, 0.3) is 5.69 Å². The van der Waals surface area contributed by atoms with Crippen LogP contribution >= 0.6 is 24.0 Å². The van der Waals surface area contributed by atoms with E-state index >= 15 is 0 Å². The molecular formula is C23H37IN8O. The first-order valence-electron chi connectivity index (χ1n) is 11.1. The summed E-state index contributed by atoms with van der Waals surface area (Å²) in [5, 5.41) is 20.8. The van der Waals surface area contributed by atoms with Gasteiger partial charge in [0.25, 0.3) is 0 Å². The Morgan fingerprint density at radius 3 is 2.67 bits per heavy atom. The zero-order valence-electron chi connectivity index (χ0n) is 19.9. The van der Waals surface area contributed by atoms with Gasteiger partial charge in [-0.2, -0.15) is 10.4 Å². The van der Waals surface area contributed by atoms with Gasteiger partial charge in [-0.1, -0.05) is 18.2 Å². The molecule has 0 amide bonds. The molecule has 0 radical (unpaired) electrons. The van der Waals surface area contributed by atoms with Gasteiger partial charge in [-0.05, 0) is 45.4 Å². The lowest BCUT2D eigenvalue weighted by Gasteiger charge is -2.18. The van der Waals surface area contributed by atoms with Crippen molar-refractivity contribution in [3.63, 3.8) is 0 Å². The molecular weight excluding hydrogens is 531 g/mol. The number of para-hydroxylation sites is 1. The predicted octanol–water partition coefficient (Wildman–Crippen LogP) is 2.40. The molecule has 0 aliphatic rings. The summed E-state index contributed by atoms with van der Waals surface area (Å²) >= 11 is 0. The molecule has 1 heterocycles. The van der Waals surface area contributed by atoms with Crippen molar-refractivity contribution in [2.24, 2.45) is 4.99 Å². The molecule has 0 saturated carbocycles. The highest BCUT2D eigenvalue weighted by Gasteiger charge is 2.16. The minimum absolute atomic E-state index is 0. The number of aryl methyl sites for hydroxylation is 1. The molecule has 0 aliphatic carbocycles. The maximum Gasteiger partial charge on any atom is 0.191 e. The second-order valence-electron chi connectivity index (χ2n) is 7.51. The van der Waals surface area contributed by atoms with Crippen LogP contribution in [0.5, 0.6) is 0 Å². The Balaban J connectivity index is 0.00000544. The smallest absolute Gasteiger partial charge is 0.191 e. The summed E-state index contributed by atoms with van der Waals surface area (Å²) in [7, 11) is 3.83. The Labute approximate surface area is 214 Å². The normalized spacial score (nSPS) is 11.2. The molecule has 33 heavy (non-hydrogen) atoms. The molecule has 0 spiro atoms. The van der Waals surface area contributed by atoms with E-state index in [9.17, 15) is 5.26 Å². The van der Waals surface area contributed by atoms with E-state index in [1.54, 1.807) is 11.8 Å². The van der Waals surface area contributed by atoms with E-state index in [0.29, 0.717) is 30.0 Å². The molecule has 0 saturated heterocycles. The van der Waals surface area contributed by atoms with Crippen LogP contribution in [0.3, 0.4) is 0 Å². The fourth-order valence-corrected chi connectivity index (χ4v) is 3.28. The summed E-state index contributed by atoms with van der Waals surface area (Å²) < 4.78 is 6.73. The number of nitrogens with one attached hydrogen (secondary N) is 2. The number of guanidine groups is 1. The molecule has 4 N–H and O–H groups in total. The quantitative estimate of drug-likeness (QED) is 0.147. The SMILES string of the molecule is CCNC(=NCCCc1nn(-c2ccccc2)c(N)c1C#N)NCCN(C)CCCOC.I. The topological polar surface area (TPSA) is 117 Å². The number of nitrogens with two attached hydrogens (primary N) is 1. The van der Waals surface area contributed by atoms with Gasteiger partial charge >= 0.3 is 0 Å². The summed E-state index contributed by atoms with van der Waals surface area (Å²) in [5.41, 5.74) is 8.17. The predicted molar refractivity (Wildman–Crippen MR) is 144 cm³/mol. The van der Waals surface area contributed by atoms with Crippen LogP contribution in [0.15, 0.2) is 35.3 Å². The number of hydrogen-bond donors (Lipinski definition) is 3.